The molecule has 1 aliphatic rings. The lowest BCUT2D eigenvalue weighted by molar-refractivity contribution is 0.104. The Labute approximate surface area is 167 Å². The minimum absolute atomic E-state index is 0.164. The fraction of sp³-hybridized carbons (Fsp3) is 0.100. The van der Waals surface area contributed by atoms with Crippen molar-refractivity contribution >= 4 is 32.8 Å². The van der Waals surface area contributed by atoms with Crippen LogP contribution in [0.3, 0.4) is 0 Å². The molecule has 0 saturated carbocycles. The number of rotatable bonds is 5. The molecule has 4 rings (SSSR count). The van der Waals surface area contributed by atoms with E-state index < -0.39 is 15.8 Å². The van der Waals surface area contributed by atoms with Crippen LogP contribution in [0.4, 0.5) is 5.69 Å². The van der Waals surface area contributed by atoms with Crippen molar-refractivity contribution in [3.63, 3.8) is 0 Å². The van der Waals surface area contributed by atoms with Crippen molar-refractivity contribution in [2.24, 2.45) is 0 Å². The zero-order valence-electron chi connectivity index (χ0n) is 14.8. The third-order valence-corrected chi connectivity index (χ3v) is 6.99. The lowest BCUT2D eigenvalue weighted by atomic mass is 10.2. The number of thiophene rings is 1. The molecule has 0 amide bonds. The summed E-state index contributed by atoms with van der Waals surface area (Å²) in [5.74, 6) is -0.483. The van der Waals surface area contributed by atoms with Crippen molar-refractivity contribution in [3.05, 3.63) is 93.4 Å². The zero-order chi connectivity index (χ0) is 19.6. The average molecular weight is 412 g/mol. The van der Waals surface area contributed by atoms with E-state index in [4.69, 9.17) is 0 Å². The quantitative estimate of drug-likeness (QED) is 0.652. The molecule has 0 fully saturated rings. The molecular formula is C20H17N3O3S2. The van der Waals surface area contributed by atoms with Crippen LogP contribution < -0.4 is 9.62 Å². The number of carbonyl (C=O) groups is 1. The molecule has 0 aliphatic carbocycles. The zero-order valence-corrected chi connectivity index (χ0v) is 16.4. The number of allylic oxidation sites excluding steroid dienone is 1. The first-order valence-corrected chi connectivity index (χ1v) is 10.9. The maximum absolute atomic E-state index is 13.2. The van der Waals surface area contributed by atoms with E-state index in [1.165, 1.54) is 21.8 Å². The molecule has 142 valence electrons. The molecule has 1 N–H and O–H groups in total. The number of carbonyl (C=O) groups excluding carboxylic acids is 1. The first kappa shape index (κ1) is 18.4. The second-order valence-corrected chi connectivity index (χ2v) is 8.92. The summed E-state index contributed by atoms with van der Waals surface area (Å²) in [6.45, 7) is 0.487. The van der Waals surface area contributed by atoms with Gasteiger partial charge in [0.05, 0.1) is 24.5 Å². The lowest BCUT2D eigenvalue weighted by Gasteiger charge is -2.29. The van der Waals surface area contributed by atoms with E-state index in [-0.39, 0.29) is 11.4 Å². The summed E-state index contributed by atoms with van der Waals surface area (Å²) in [4.78, 5) is 17.2. The smallest absolute Gasteiger partial charge is 0.270 e. The maximum atomic E-state index is 13.2. The number of nitrogens with zero attached hydrogens (tertiary/aromatic N) is 2. The minimum atomic E-state index is -3.98. The fourth-order valence-corrected chi connectivity index (χ4v) is 5.46. The van der Waals surface area contributed by atoms with Gasteiger partial charge in [-0.25, -0.2) is 8.42 Å². The molecule has 28 heavy (non-hydrogen) atoms. The average Bonchev–Trinajstić information content (AvgIpc) is 3.19. The Hall–Kier alpha value is -2.97. The molecule has 8 heteroatoms. The van der Waals surface area contributed by atoms with Crippen molar-refractivity contribution in [1.29, 1.82) is 0 Å². The minimum Gasteiger partial charge on any atom is -0.384 e. The molecule has 1 aromatic carbocycles. The van der Waals surface area contributed by atoms with Gasteiger partial charge in [0.2, 0.25) is 5.78 Å². The van der Waals surface area contributed by atoms with Crippen LogP contribution >= 0.6 is 11.3 Å². The highest BCUT2D eigenvalue weighted by Crippen LogP contribution is 2.39. The highest BCUT2D eigenvalue weighted by Gasteiger charge is 2.41. The van der Waals surface area contributed by atoms with Gasteiger partial charge in [0.15, 0.2) is 4.91 Å². The molecule has 1 aliphatic heterocycles. The lowest BCUT2D eigenvalue weighted by Crippen LogP contribution is -2.38. The summed E-state index contributed by atoms with van der Waals surface area (Å²) in [5.41, 5.74) is 2.03. The number of pyridine rings is 1. The molecule has 3 heterocycles. The van der Waals surface area contributed by atoms with Crippen LogP contribution in [0, 0.1) is 0 Å². The van der Waals surface area contributed by atoms with Gasteiger partial charge < -0.3 is 5.32 Å². The summed E-state index contributed by atoms with van der Waals surface area (Å²) >= 11 is 1.25. The van der Waals surface area contributed by atoms with E-state index in [0.29, 0.717) is 17.1 Å². The van der Waals surface area contributed by atoms with Gasteiger partial charge in [-0.3, -0.25) is 14.1 Å². The molecule has 2 aromatic heterocycles. The third kappa shape index (κ3) is 3.44. The number of sulfonamides is 1. The molecule has 6 nitrogen and oxygen atoms in total. The first-order valence-electron chi connectivity index (χ1n) is 8.60. The van der Waals surface area contributed by atoms with Gasteiger partial charge in [0, 0.05) is 12.4 Å². The van der Waals surface area contributed by atoms with Gasteiger partial charge in [-0.1, -0.05) is 36.4 Å². The topological polar surface area (TPSA) is 79.4 Å². The number of hydrogen-bond donors (Lipinski definition) is 1. The van der Waals surface area contributed by atoms with E-state index in [9.17, 15) is 13.2 Å². The second kappa shape index (κ2) is 7.57. The Kier molecular flexibility index (Phi) is 4.97. The molecule has 0 spiro atoms. The normalized spacial score (nSPS) is 16.8. The number of Topliss-reactive ketones (excluding diaryl/α,β-unsaturated/α-hetero) is 1. The SMILES string of the molecule is O=C1/C(=C\NCc2ccccn2)S(=O)(=O)N(Cc2ccccc2)c2ccsc21. The van der Waals surface area contributed by atoms with Gasteiger partial charge in [-0.2, -0.15) is 0 Å². The fourth-order valence-electron chi connectivity index (χ4n) is 2.96. The number of benzene rings is 1. The Bertz CT molecular complexity index is 1120. The summed E-state index contributed by atoms with van der Waals surface area (Å²) in [5, 5.41) is 4.65. The number of fused-ring (bicyclic) bond motifs is 1. The van der Waals surface area contributed by atoms with Crippen molar-refractivity contribution in [1.82, 2.24) is 10.3 Å². The van der Waals surface area contributed by atoms with Crippen LogP contribution in [0.2, 0.25) is 0 Å². The van der Waals surface area contributed by atoms with Crippen LogP contribution in [0.15, 0.2) is 77.3 Å². The Morgan fingerprint density at radius 3 is 2.61 bits per heavy atom. The van der Waals surface area contributed by atoms with Crippen molar-refractivity contribution in [2.45, 2.75) is 13.1 Å². The van der Waals surface area contributed by atoms with Crippen molar-refractivity contribution < 1.29 is 13.2 Å². The number of nitrogens with one attached hydrogen (secondary N) is 1. The van der Waals surface area contributed by atoms with Crippen molar-refractivity contribution in [2.75, 3.05) is 4.31 Å². The monoisotopic (exact) mass is 411 g/mol. The standard InChI is InChI=1S/C20H17N3O3S2/c24-19-18(13-21-12-16-8-4-5-10-22-16)28(25,26)23(17-9-11-27-20(17)19)14-15-6-2-1-3-7-15/h1-11,13,21H,12,14H2/b18-13+. The highest BCUT2D eigenvalue weighted by molar-refractivity contribution is 7.97. The predicted molar refractivity (Wildman–Crippen MR) is 109 cm³/mol. The van der Waals surface area contributed by atoms with Gasteiger partial charge in [0.1, 0.15) is 4.88 Å². The summed E-state index contributed by atoms with van der Waals surface area (Å²) < 4.78 is 27.7. The van der Waals surface area contributed by atoms with Crippen LogP contribution in [-0.4, -0.2) is 19.2 Å². The van der Waals surface area contributed by atoms with Gasteiger partial charge in [-0.15, -0.1) is 11.3 Å². The van der Waals surface area contributed by atoms with Crippen LogP contribution in [0.1, 0.15) is 20.9 Å². The summed E-state index contributed by atoms with van der Waals surface area (Å²) in [6, 6.07) is 16.5. The predicted octanol–water partition coefficient (Wildman–Crippen LogP) is 3.31. The van der Waals surface area contributed by atoms with E-state index in [0.717, 1.165) is 11.3 Å². The Morgan fingerprint density at radius 1 is 1.07 bits per heavy atom. The molecular weight excluding hydrogens is 394 g/mol. The highest BCUT2D eigenvalue weighted by atomic mass is 32.2. The van der Waals surface area contributed by atoms with Crippen LogP contribution in [0.25, 0.3) is 0 Å². The molecule has 0 unspecified atom stereocenters. The molecule has 0 saturated heterocycles. The van der Waals surface area contributed by atoms with Crippen LogP contribution in [-0.2, 0) is 23.1 Å². The Balaban J connectivity index is 1.67. The first-order chi connectivity index (χ1) is 13.6. The number of anilines is 1. The van der Waals surface area contributed by atoms with E-state index >= 15 is 0 Å². The maximum Gasteiger partial charge on any atom is 0.270 e. The molecule has 0 bridgehead atoms. The number of ketones is 1. The van der Waals surface area contributed by atoms with E-state index in [1.807, 2.05) is 42.5 Å². The number of hydrogen-bond acceptors (Lipinski definition) is 6. The third-order valence-electron chi connectivity index (χ3n) is 4.32. The van der Waals surface area contributed by atoms with Crippen LogP contribution in [0.5, 0.6) is 0 Å². The molecule has 3 aromatic rings. The van der Waals surface area contributed by atoms with Gasteiger partial charge in [-0.05, 0) is 29.1 Å². The van der Waals surface area contributed by atoms with Crippen molar-refractivity contribution in [3.8, 4) is 0 Å². The second-order valence-electron chi connectivity index (χ2n) is 6.17. The summed E-state index contributed by atoms with van der Waals surface area (Å²) in [6.07, 6.45) is 2.94. The van der Waals surface area contributed by atoms with E-state index in [2.05, 4.69) is 10.3 Å². The molecule has 0 radical (unpaired) electrons. The summed E-state index contributed by atoms with van der Waals surface area (Å²) in [7, 11) is -3.98. The Morgan fingerprint density at radius 2 is 1.86 bits per heavy atom. The van der Waals surface area contributed by atoms with Gasteiger partial charge in [0.25, 0.3) is 10.0 Å². The molecule has 0 atom stereocenters. The number of aromatic nitrogens is 1. The van der Waals surface area contributed by atoms with Gasteiger partial charge >= 0.3 is 0 Å². The largest absolute Gasteiger partial charge is 0.384 e. The van der Waals surface area contributed by atoms with E-state index in [1.54, 1.807) is 23.7 Å².